The molecular formula is C13H18ClN3O3. The molecule has 1 atom stereocenters. The largest absolute Gasteiger partial charge is 0.337 e. The molecule has 1 aliphatic heterocycles. The smallest absolute Gasteiger partial charge is 0.282 e. The number of halogens is 1. The number of carbonyl (C=O) groups excluding carboxylic acids is 1. The third kappa shape index (κ3) is 3.46. The first-order valence-electron chi connectivity index (χ1n) is 6.29. The predicted molar refractivity (Wildman–Crippen MR) is 78.2 cm³/mol. The minimum absolute atomic E-state index is 0. The van der Waals surface area contributed by atoms with Gasteiger partial charge in [0, 0.05) is 25.2 Å². The molecule has 7 heteroatoms. The molecule has 2 N–H and O–H groups in total. The molecule has 0 bridgehead atoms. The fraction of sp³-hybridized carbons (Fsp3) is 0.462. The summed E-state index contributed by atoms with van der Waals surface area (Å²) in [5, 5.41) is 11.0. The highest BCUT2D eigenvalue weighted by molar-refractivity contribution is 5.98. The monoisotopic (exact) mass is 299 g/mol. The molecule has 2 rings (SSSR count). The average molecular weight is 300 g/mol. The van der Waals surface area contributed by atoms with Crippen LogP contribution >= 0.6 is 12.4 Å². The number of aryl methyl sites for hydroxylation is 1. The number of carbonyl (C=O) groups is 1. The topological polar surface area (TPSA) is 89.5 Å². The van der Waals surface area contributed by atoms with E-state index >= 15 is 0 Å². The van der Waals surface area contributed by atoms with Crippen molar-refractivity contribution in [2.45, 2.75) is 25.8 Å². The summed E-state index contributed by atoms with van der Waals surface area (Å²) in [7, 11) is 0. The molecule has 6 nitrogen and oxygen atoms in total. The van der Waals surface area contributed by atoms with Crippen LogP contribution in [0.25, 0.3) is 0 Å². The first kappa shape index (κ1) is 16.4. The van der Waals surface area contributed by atoms with E-state index in [1.54, 1.807) is 17.0 Å². The quantitative estimate of drug-likeness (QED) is 0.667. The second-order valence-electron chi connectivity index (χ2n) is 4.93. The van der Waals surface area contributed by atoms with Crippen molar-refractivity contribution in [2.24, 2.45) is 5.73 Å². The molecule has 0 spiro atoms. The number of likely N-dealkylation sites (tertiary alicyclic amines) is 1. The van der Waals surface area contributed by atoms with Crippen LogP contribution < -0.4 is 5.73 Å². The van der Waals surface area contributed by atoms with Crippen LogP contribution in [0.2, 0.25) is 0 Å². The van der Waals surface area contributed by atoms with Gasteiger partial charge in [-0.1, -0.05) is 6.07 Å². The van der Waals surface area contributed by atoms with Gasteiger partial charge in [0.2, 0.25) is 0 Å². The van der Waals surface area contributed by atoms with Gasteiger partial charge in [-0.2, -0.15) is 0 Å². The Kier molecular flexibility index (Phi) is 5.47. The first-order valence-corrected chi connectivity index (χ1v) is 6.29. The van der Waals surface area contributed by atoms with Crippen molar-refractivity contribution in [3.8, 4) is 0 Å². The summed E-state index contributed by atoms with van der Waals surface area (Å²) in [6.07, 6.45) is 1.73. The summed E-state index contributed by atoms with van der Waals surface area (Å²) in [5.41, 5.74) is 6.68. The molecule has 1 aromatic rings. The second kappa shape index (κ2) is 6.67. The summed E-state index contributed by atoms with van der Waals surface area (Å²) in [6, 6.07) is 4.55. The van der Waals surface area contributed by atoms with E-state index in [4.69, 9.17) is 5.73 Å². The molecule has 1 unspecified atom stereocenters. The van der Waals surface area contributed by atoms with Gasteiger partial charge in [0.1, 0.15) is 5.56 Å². The predicted octanol–water partition coefficient (Wildman–Crippen LogP) is 1.89. The third-order valence-electron chi connectivity index (χ3n) is 3.32. The van der Waals surface area contributed by atoms with Crippen molar-refractivity contribution in [2.75, 3.05) is 13.1 Å². The molecule has 1 saturated heterocycles. The maximum Gasteiger partial charge on any atom is 0.282 e. The van der Waals surface area contributed by atoms with Crippen LogP contribution in [0.5, 0.6) is 0 Å². The highest BCUT2D eigenvalue weighted by Gasteiger charge is 2.27. The Morgan fingerprint density at radius 1 is 1.50 bits per heavy atom. The van der Waals surface area contributed by atoms with Gasteiger partial charge in [0.15, 0.2) is 0 Å². The number of nitrogens with zero attached hydrogens (tertiary/aromatic N) is 2. The van der Waals surface area contributed by atoms with Crippen LogP contribution in [0.15, 0.2) is 18.2 Å². The maximum absolute atomic E-state index is 12.4. The summed E-state index contributed by atoms with van der Waals surface area (Å²) >= 11 is 0. The standard InChI is InChI=1S/C13H17N3O3.ClH/c1-9-4-5-12(16(18)19)11(7-9)13(17)15-6-2-3-10(14)8-15;/h4-5,7,10H,2-3,6,8,14H2,1H3;1H. The highest BCUT2D eigenvalue weighted by Crippen LogP contribution is 2.23. The number of nitro groups is 1. The highest BCUT2D eigenvalue weighted by atomic mass is 35.5. The van der Waals surface area contributed by atoms with E-state index in [-0.39, 0.29) is 35.6 Å². The third-order valence-corrected chi connectivity index (χ3v) is 3.32. The summed E-state index contributed by atoms with van der Waals surface area (Å²) < 4.78 is 0. The summed E-state index contributed by atoms with van der Waals surface area (Å²) in [5.74, 6) is -0.300. The van der Waals surface area contributed by atoms with Crippen molar-refractivity contribution in [1.82, 2.24) is 4.90 Å². The average Bonchev–Trinajstić information content (AvgIpc) is 2.37. The molecule has 0 aliphatic carbocycles. The van der Waals surface area contributed by atoms with Gasteiger partial charge in [-0.15, -0.1) is 12.4 Å². The lowest BCUT2D eigenvalue weighted by Gasteiger charge is -2.30. The van der Waals surface area contributed by atoms with Crippen LogP contribution in [0.4, 0.5) is 5.69 Å². The Hall–Kier alpha value is -1.66. The summed E-state index contributed by atoms with van der Waals surface area (Å²) in [6.45, 7) is 2.88. The number of piperidine rings is 1. The number of benzene rings is 1. The molecule has 20 heavy (non-hydrogen) atoms. The zero-order chi connectivity index (χ0) is 14.0. The van der Waals surface area contributed by atoms with Crippen molar-refractivity contribution in [3.05, 3.63) is 39.4 Å². The Bertz CT molecular complexity index is 522. The van der Waals surface area contributed by atoms with Crippen LogP contribution in [0.1, 0.15) is 28.8 Å². The first-order chi connectivity index (χ1) is 8.99. The Morgan fingerprint density at radius 2 is 2.20 bits per heavy atom. The molecule has 0 aromatic heterocycles. The van der Waals surface area contributed by atoms with E-state index in [1.807, 2.05) is 6.92 Å². The molecule has 0 radical (unpaired) electrons. The molecule has 110 valence electrons. The maximum atomic E-state index is 12.4. The molecule has 1 aliphatic rings. The number of nitro benzene ring substituents is 1. The molecule has 0 saturated carbocycles. The van der Waals surface area contributed by atoms with Crippen LogP contribution in [0, 0.1) is 17.0 Å². The summed E-state index contributed by atoms with van der Waals surface area (Å²) in [4.78, 5) is 24.5. The number of amides is 1. The number of hydrogen-bond acceptors (Lipinski definition) is 4. The fourth-order valence-electron chi connectivity index (χ4n) is 2.35. The molecule has 1 aromatic carbocycles. The molecular weight excluding hydrogens is 282 g/mol. The SMILES string of the molecule is Cc1ccc([N+](=O)[O-])c(C(=O)N2CCCC(N)C2)c1.Cl. The number of nitrogens with two attached hydrogens (primary N) is 1. The molecule has 1 amide bonds. The van der Waals surface area contributed by atoms with E-state index in [0.29, 0.717) is 13.1 Å². The lowest BCUT2D eigenvalue weighted by Crippen LogP contribution is -2.45. The number of hydrogen-bond donors (Lipinski definition) is 1. The van der Waals surface area contributed by atoms with Gasteiger partial charge in [-0.25, -0.2) is 0 Å². The van der Waals surface area contributed by atoms with E-state index in [2.05, 4.69) is 0 Å². The number of rotatable bonds is 2. The van der Waals surface area contributed by atoms with Gasteiger partial charge in [0.05, 0.1) is 4.92 Å². The van der Waals surface area contributed by atoms with Gasteiger partial charge in [0.25, 0.3) is 11.6 Å². The van der Waals surface area contributed by atoms with Crippen LogP contribution in [-0.4, -0.2) is 34.9 Å². The lowest BCUT2D eigenvalue weighted by molar-refractivity contribution is -0.385. The molecule has 1 heterocycles. The van der Waals surface area contributed by atoms with E-state index < -0.39 is 4.92 Å². The van der Waals surface area contributed by atoms with Gasteiger partial charge < -0.3 is 10.6 Å². The molecule has 1 fully saturated rings. The van der Waals surface area contributed by atoms with E-state index in [9.17, 15) is 14.9 Å². The van der Waals surface area contributed by atoms with Crippen molar-refractivity contribution >= 4 is 24.0 Å². The van der Waals surface area contributed by atoms with Crippen molar-refractivity contribution in [3.63, 3.8) is 0 Å². The minimum atomic E-state index is -0.517. The van der Waals surface area contributed by atoms with Gasteiger partial charge in [-0.3, -0.25) is 14.9 Å². The zero-order valence-electron chi connectivity index (χ0n) is 11.2. The Labute approximate surface area is 123 Å². The normalized spacial score (nSPS) is 18.3. The zero-order valence-corrected chi connectivity index (χ0v) is 12.1. The lowest BCUT2D eigenvalue weighted by atomic mass is 10.0. The van der Waals surface area contributed by atoms with E-state index in [0.717, 1.165) is 18.4 Å². The van der Waals surface area contributed by atoms with E-state index in [1.165, 1.54) is 6.07 Å². The minimum Gasteiger partial charge on any atom is -0.337 e. The van der Waals surface area contributed by atoms with Gasteiger partial charge >= 0.3 is 0 Å². The fourth-order valence-corrected chi connectivity index (χ4v) is 2.35. The van der Waals surface area contributed by atoms with Crippen molar-refractivity contribution < 1.29 is 9.72 Å². The Morgan fingerprint density at radius 3 is 2.80 bits per heavy atom. The van der Waals surface area contributed by atoms with Crippen LogP contribution in [0.3, 0.4) is 0 Å². The van der Waals surface area contributed by atoms with Gasteiger partial charge in [-0.05, 0) is 31.4 Å². The van der Waals surface area contributed by atoms with Crippen LogP contribution in [-0.2, 0) is 0 Å². The Balaban J connectivity index is 0.00000200. The second-order valence-corrected chi connectivity index (χ2v) is 4.93. The van der Waals surface area contributed by atoms with Crippen molar-refractivity contribution in [1.29, 1.82) is 0 Å².